The molecule has 1 amide bonds. The van der Waals surface area contributed by atoms with Crippen molar-refractivity contribution in [2.24, 2.45) is 10.7 Å². The second kappa shape index (κ2) is 12.4. The highest BCUT2D eigenvalue weighted by Gasteiger charge is 2.38. The van der Waals surface area contributed by atoms with Gasteiger partial charge in [-0.25, -0.2) is 4.79 Å². The van der Waals surface area contributed by atoms with Gasteiger partial charge < -0.3 is 20.5 Å². The minimum Gasteiger partial charge on any atom is -0.480 e. The van der Waals surface area contributed by atoms with Crippen molar-refractivity contribution in [3.8, 4) is 0 Å². The Hall–Kier alpha value is -2.26. The molecule has 9 nitrogen and oxygen atoms in total. The third kappa shape index (κ3) is 6.91. The largest absolute Gasteiger partial charge is 0.480 e. The normalized spacial score (nSPS) is 20.1. The number of carbonyl (C=O) groups is 3. The summed E-state index contributed by atoms with van der Waals surface area (Å²) in [5.74, 6) is -1.66. The molecule has 1 saturated heterocycles. The monoisotopic (exact) mass is 422 g/mol. The van der Waals surface area contributed by atoms with Gasteiger partial charge in [0, 0.05) is 25.4 Å². The first-order valence-corrected chi connectivity index (χ1v) is 10.8. The topological polar surface area (TPSA) is 134 Å². The van der Waals surface area contributed by atoms with E-state index in [2.05, 4.69) is 10.3 Å². The Morgan fingerprint density at radius 1 is 1.33 bits per heavy atom. The summed E-state index contributed by atoms with van der Waals surface area (Å²) in [7, 11) is 0. The maximum absolute atomic E-state index is 13.2. The van der Waals surface area contributed by atoms with Crippen molar-refractivity contribution < 1.29 is 24.2 Å². The Kier molecular flexibility index (Phi) is 9.96. The van der Waals surface area contributed by atoms with E-state index in [4.69, 9.17) is 10.5 Å². The Labute approximate surface area is 177 Å². The van der Waals surface area contributed by atoms with Gasteiger partial charge in [0.2, 0.25) is 5.91 Å². The highest BCUT2D eigenvalue weighted by Crippen LogP contribution is 2.21. The average molecular weight is 423 g/mol. The van der Waals surface area contributed by atoms with Gasteiger partial charge in [-0.3, -0.25) is 19.9 Å². The molecule has 0 radical (unpaired) electrons. The highest BCUT2D eigenvalue weighted by atomic mass is 16.5. The molecule has 3 atom stereocenters. The van der Waals surface area contributed by atoms with Crippen molar-refractivity contribution in [3.05, 3.63) is 11.8 Å². The molecule has 0 spiro atoms. The second-order valence-corrected chi connectivity index (χ2v) is 7.70. The minimum atomic E-state index is -0.989. The number of carbonyl (C=O) groups excluding carboxylic acids is 2. The van der Waals surface area contributed by atoms with Crippen LogP contribution in [0.1, 0.15) is 58.3 Å². The number of carboxylic acids is 1. The molecule has 0 aliphatic carbocycles. The lowest BCUT2D eigenvalue weighted by atomic mass is 10.0. The number of nitrogens with one attached hydrogen (secondary N) is 1. The molecule has 0 saturated carbocycles. The van der Waals surface area contributed by atoms with Crippen LogP contribution in [0.25, 0.3) is 0 Å². The van der Waals surface area contributed by atoms with Gasteiger partial charge in [0.05, 0.1) is 12.6 Å². The Bertz CT molecular complexity index is 664. The van der Waals surface area contributed by atoms with E-state index in [-0.39, 0.29) is 12.5 Å². The van der Waals surface area contributed by atoms with Crippen molar-refractivity contribution in [1.29, 1.82) is 0 Å². The molecule has 0 bridgehead atoms. The van der Waals surface area contributed by atoms with Gasteiger partial charge in [-0.1, -0.05) is 6.42 Å². The molecule has 2 aliphatic heterocycles. The summed E-state index contributed by atoms with van der Waals surface area (Å²) >= 11 is 0. The molecule has 1 fully saturated rings. The third-order valence-corrected chi connectivity index (χ3v) is 5.51. The quantitative estimate of drug-likeness (QED) is 0.300. The summed E-state index contributed by atoms with van der Waals surface area (Å²) in [5.41, 5.74) is 6.72. The van der Waals surface area contributed by atoms with Crippen LogP contribution in [0.4, 0.5) is 0 Å². The van der Waals surface area contributed by atoms with Crippen molar-refractivity contribution in [2.45, 2.75) is 76.4 Å². The summed E-state index contributed by atoms with van der Waals surface area (Å²) < 4.78 is 5.22. The van der Waals surface area contributed by atoms with Crippen LogP contribution in [-0.4, -0.2) is 71.9 Å². The van der Waals surface area contributed by atoms with Crippen LogP contribution in [0.15, 0.2) is 16.8 Å². The van der Waals surface area contributed by atoms with Gasteiger partial charge in [0.25, 0.3) is 0 Å². The van der Waals surface area contributed by atoms with Crippen molar-refractivity contribution in [1.82, 2.24) is 10.2 Å². The van der Waals surface area contributed by atoms with Crippen molar-refractivity contribution >= 4 is 24.1 Å². The van der Waals surface area contributed by atoms with Crippen LogP contribution >= 0.6 is 0 Å². The lowest BCUT2D eigenvalue weighted by Gasteiger charge is -2.30. The summed E-state index contributed by atoms with van der Waals surface area (Å²) in [6.07, 6.45) is 8.60. The van der Waals surface area contributed by atoms with Crippen LogP contribution in [0.5, 0.6) is 0 Å². The standard InChI is InChI=1S/C21H34N4O5/c1-2-30-21(29)17(9-8-15-10-12-23-14-15)24-16(6-3-4-11-22)19(26)25-13-5-7-18(25)20(27)28/h12,14,16-18,24H,2-11,13,22H2,1H3,(H,27,28)/t16-,17-,18-/m0/s1. The molecular weight excluding hydrogens is 388 g/mol. The molecule has 168 valence electrons. The number of ether oxygens (including phenoxy) is 1. The predicted molar refractivity (Wildman–Crippen MR) is 113 cm³/mol. The Morgan fingerprint density at radius 3 is 2.77 bits per heavy atom. The fourth-order valence-electron chi connectivity index (χ4n) is 3.89. The maximum Gasteiger partial charge on any atom is 0.326 e. The summed E-state index contributed by atoms with van der Waals surface area (Å²) in [5, 5.41) is 12.6. The maximum atomic E-state index is 13.2. The zero-order valence-electron chi connectivity index (χ0n) is 17.7. The second-order valence-electron chi connectivity index (χ2n) is 7.70. The number of esters is 1. The van der Waals surface area contributed by atoms with E-state index in [1.54, 1.807) is 13.1 Å². The number of allylic oxidation sites excluding steroid dienone is 1. The molecule has 0 aromatic heterocycles. The van der Waals surface area contributed by atoms with E-state index in [1.165, 1.54) is 4.90 Å². The lowest BCUT2D eigenvalue weighted by Crippen LogP contribution is -2.54. The molecule has 0 aromatic carbocycles. The highest BCUT2D eigenvalue weighted by molar-refractivity contribution is 5.88. The average Bonchev–Trinajstić information content (AvgIpc) is 3.41. The number of hydrogen-bond acceptors (Lipinski definition) is 7. The van der Waals surface area contributed by atoms with Gasteiger partial charge in [-0.15, -0.1) is 0 Å². The Balaban J connectivity index is 2.11. The van der Waals surface area contributed by atoms with Gasteiger partial charge in [-0.05, 0) is 57.6 Å². The van der Waals surface area contributed by atoms with E-state index in [1.807, 2.05) is 6.21 Å². The number of likely N-dealkylation sites (tertiary alicyclic amines) is 1. The van der Waals surface area contributed by atoms with Crippen LogP contribution in [0.2, 0.25) is 0 Å². The molecule has 0 unspecified atom stereocenters. The first-order valence-electron chi connectivity index (χ1n) is 10.8. The van der Waals surface area contributed by atoms with Gasteiger partial charge in [-0.2, -0.15) is 0 Å². The number of nitrogens with zero attached hydrogens (tertiary/aromatic N) is 2. The van der Waals surface area contributed by atoms with Gasteiger partial charge >= 0.3 is 11.9 Å². The van der Waals surface area contributed by atoms with Crippen LogP contribution < -0.4 is 11.1 Å². The number of carboxylic acid groups (broad SMARTS) is 1. The zero-order chi connectivity index (χ0) is 21.9. The zero-order valence-corrected chi connectivity index (χ0v) is 17.7. The molecule has 4 N–H and O–H groups in total. The number of rotatable bonds is 13. The number of unbranched alkanes of at least 4 members (excludes halogenated alkanes) is 1. The number of aliphatic carboxylic acids is 1. The fraction of sp³-hybridized carbons (Fsp3) is 0.714. The molecule has 0 aromatic rings. The molecular formula is C21H34N4O5. The first kappa shape index (κ1) is 24.0. The number of amides is 1. The van der Waals surface area contributed by atoms with Crippen LogP contribution in [-0.2, 0) is 19.1 Å². The van der Waals surface area contributed by atoms with E-state index >= 15 is 0 Å². The van der Waals surface area contributed by atoms with Gasteiger partial charge in [0.15, 0.2) is 0 Å². The van der Waals surface area contributed by atoms with E-state index in [9.17, 15) is 19.5 Å². The number of hydrogen-bond donors (Lipinski definition) is 3. The molecule has 30 heavy (non-hydrogen) atoms. The molecule has 9 heteroatoms. The van der Waals surface area contributed by atoms with E-state index < -0.39 is 30.1 Å². The van der Waals surface area contributed by atoms with E-state index in [0.29, 0.717) is 51.6 Å². The van der Waals surface area contributed by atoms with E-state index in [0.717, 1.165) is 18.4 Å². The van der Waals surface area contributed by atoms with Crippen LogP contribution in [0, 0.1) is 0 Å². The number of nitrogens with two attached hydrogens (primary N) is 1. The smallest absolute Gasteiger partial charge is 0.326 e. The molecule has 2 rings (SSSR count). The lowest BCUT2D eigenvalue weighted by molar-refractivity contribution is -0.150. The predicted octanol–water partition coefficient (Wildman–Crippen LogP) is 1.22. The molecule has 2 heterocycles. The summed E-state index contributed by atoms with van der Waals surface area (Å²) in [4.78, 5) is 42.8. The fourth-order valence-corrected chi connectivity index (χ4v) is 3.89. The van der Waals surface area contributed by atoms with Crippen molar-refractivity contribution in [3.63, 3.8) is 0 Å². The first-order chi connectivity index (χ1) is 14.5. The molecule has 2 aliphatic rings. The summed E-state index contributed by atoms with van der Waals surface area (Å²) in [6.45, 7) is 2.92. The van der Waals surface area contributed by atoms with Gasteiger partial charge in [0.1, 0.15) is 12.1 Å². The summed E-state index contributed by atoms with van der Waals surface area (Å²) in [6, 6.07) is -2.11. The Morgan fingerprint density at radius 2 is 2.13 bits per heavy atom. The minimum absolute atomic E-state index is 0.252. The number of aliphatic imine (C=N–C) groups is 1. The van der Waals surface area contributed by atoms with Crippen LogP contribution in [0.3, 0.4) is 0 Å². The third-order valence-electron chi connectivity index (χ3n) is 5.51. The SMILES string of the molecule is CCOC(=O)[C@H](CCC1=CN=CC1)N[C@@H](CCCCN)C(=O)N1CCC[C@H]1C(=O)O. The van der Waals surface area contributed by atoms with Crippen molar-refractivity contribution in [2.75, 3.05) is 19.7 Å².